The van der Waals surface area contributed by atoms with Gasteiger partial charge in [-0.15, -0.1) is 0 Å². The zero-order valence-corrected chi connectivity index (χ0v) is 13.5. The Morgan fingerprint density at radius 1 is 0.792 bits per heavy atom. The van der Waals surface area contributed by atoms with E-state index in [-0.39, 0.29) is 5.97 Å². The van der Waals surface area contributed by atoms with E-state index in [0.29, 0.717) is 6.42 Å². The molecule has 3 aromatic carbocycles. The Bertz CT molecular complexity index is 851. The predicted octanol–water partition coefficient (Wildman–Crippen LogP) is 4.37. The molecule has 0 radical (unpaired) electrons. The van der Waals surface area contributed by atoms with E-state index in [1.165, 1.54) is 7.11 Å². The highest BCUT2D eigenvalue weighted by Gasteiger charge is 2.49. The summed E-state index contributed by atoms with van der Waals surface area (Å²) >= 11 is 0. The van der Waals surface area contributed by atoms with Gasteiger partial charge in [-0.2, -0.15) is 0 Å². The lowest BCUT2D eigenvalue weighted by molar-refractivity contribution is -0.145. The summed E-state index contributed by atoms with van der Waals surface area (Å²) in [7, 11) is 1.47. The fraction of sp³-hybridized carbons (Fsp3) is 0.136. The molecule has 0 unspecified atom stereocenters. The van der Waals surface area contributed by atoms with E-state index >= 15 is 0 Å². The highest BCUT2D eigenvalue weighted by atomic mass is 16.5. The molecule has 24 heavy (non-hydrogen) atoms. The first kappa shape index (κ1) is 14.7. The maximum atomic E-state index is 13.0. The number of benzene rings is 3. The molecule has 118 valence electrons. The van der Waals surface area contributed by atoms with Gasteiger partial charge in [0.25, 0.3) is 0 Å². The molecule has 1 aliphatic carbocycles. The Morgan fingerprint density at radius 2 is 1.29 bits per heavy atom. The number of carbonyl (C=O) groups excluding carboxylic acids is 1. The van der Waals surface area contributed by atoms with E-state index in [0.717, 1.165) is 27.8 Å². The lowest BCUT2D eigenvalue weighted by Gasteiger charge is -2.29. The molecular formula is C22H18O2. The third-order valence-corrected chi connectivity index (χ3v) is 4.91. The van der Waals surface area contributed by atoms with Gasteiger partial charge in [-0.1, -0.05) is 78.9 Å². The first-order valence-corrected chi connectivity index (χ1v) is 8.09. The van der Waals surface area contributed by atoms with Crippen molar-refractivity contribution in [3.8, 4) is 11.1 Å². The van der Waals surface area contributed by atoms with Crippen molar-refractivity contribution in [1.82, 2.24) is 0 Å². The highest BCUT2D eigenvalue weighted by molar-refractivity contribution is 5.98. The summed E-state index contributed by atoms with van der Waals surface area (Å²) < 4.78 is 5.28. The number of ether oxygens (including phenoxy) is 1. The summed E-state index contributed by atoms with van der Waals surface area (Å²) in [5.41, 5.74) is 4.63. The molecule has 1 aliphatic rings. The second kappa shape index (κ2) is 5.64. The molecule has 0 N–H and O–H groups in total. The molecular weight excluding hydrogens is 296 g/mol. The summed E-state index contributed by atoms with van der Waals surface area (Å²) in [6.45, 7) is 0. The van der Waals surface area contributed by atoms with Crippen LogP contribution in [0, 0.1) is 0 Å². The van der Waals surface area contributed by atoms with Gasteiger partial charge in [0.05, 0.1) is 7.11 Å². The van der Waals surface area contributed by atoms with Crippen LogP contribution in [-0.2, 0) is 21.4 Å². The highest BCUT2D eigenvalue weighted by Crippen LogP contribution is 2.51. The number of esters is 1. The van der Waals surface area contributed by atoms with Crippen molar-refractivity contribution in [1.29, 1.82) is 0 Å². The number of hydrogen-bond donors (Lipinski definition) is 0. The number of carbonyl (C=O) groups is 1. The molecule has 0 atom stereocenters. The number of rotatable bonds is 3. The molecule has 0 saturated carbocycles. The van der Waals surface area contributed by atoms with E-state index in [1.54, 1.807) is 0 Å². The largest absolute Gasteiger partial charge is 0.468 e. The van der Waals surface area contributed by atoms with Crippen LogP contribution < -0.4 is 0 Å². The van der Waals surface area contributed by atoms with Gasteiger partial charge >= 0.3 is 5.97 Å². The molecule has 0 spiro atoms. The van der Waals surface area contributed by atoms with E-state index in [9.17, 15) is 4.79 Å². The summed E-state index contributed by atoms with van der Waals surface area (Å²) in [4.78, 5) is 13.0. The molecule has 0 aromatic heterocycles. The van der Waals surface area contributed by atoms with Crippen LogP contribution >= 0.6 is 0 Å². The van der Waals surface area contributed by atoms with Crippen LogP contribution in [0.4, 0.5) is 0 Å². The van der Waals surface area contributed by atoms with Crippen molar-refractivity contribution in [2.24, 2.45) is 0 Å². The summed E-state index contributed by atoms with van der Waals surface area (Å²) in [5, 5.41) is 0. The molecule has 0 bridgehead atoms. The van der Waals surface area contributed by atoms with Crippen molar-refractivity contribution < 1.29 is 9.53 Å². The van der Waals surface area contributed by atoms with Crippen molar-refractivity contribution in [2.75, 3.05) is 7.11 Å². The quantitative estimate of drug-likeness (QED) is 0.671. The fourth-order valence-corrected chi connectivity index (χ4v) is 3.88. The van der Waals surface area contributed by atoms with Crippen LogP contribution in [0.15, 0.2) is 78.9 Å². The van der Waals surface area contributed by atoms with Gasteiger partial charge in [0, 0.05) is 0 Å². The Morgan fingerprint density at radius 3 is 1.83 bits per heavy atom. The molecule has 3 aromatic rings. The van der Waals surface area contributed by atoms with Crippen LogP contribution in [0.2, 0.25) is 0 Å². The molecule has 0 fully saturated rings. The SMILES string of the molecule is COC(=O)C1(Cc2ccccc2)c2ccccc2-c2ccccc21. The molecule has 2 heteroatoms. The molecule has 0 amide bonds. The predicted molar refractivity (Wildman–Crippen MR) is 94.8 cm³/mol. The lowest BCUT2D eigenvalue weighted by Crippen LogP contribution is -2.38. The van der Waals surface area contributed by atoms with E-state index in [2.05, 4.69) is 36.4 Å². The third kappa shape index (κ3) is 2.00. The minimum Gasteiger partial charge on any atom is -0.468 e. The van der Waals surface area contributed by atoms with E-state index < -0.39 is 5.41 Å². The van der Waals surface area contributed by atoms with E-state index in [4.69, 9.17) is 4.74 Å². The first-order chi connectivity index (χ1) is 11.8. The zero-order chi connectivity index (χ0) is 16.6. The number of fused-ring (bicyclic) bond motifs is 3. The van der Waals surface area contributed by atoms with Crippen LogP contribution in [-0.4, -0.2) is 13.1 Å². The van der Waals surface area contributed by atoms with Crippen molar-refractivity contribution in [3.05, 3.63) is 95.6 Å². The maximum Gasteiger partial charge on any atom is 0.321 e. The Balaban J connectivity index is 2.01. The fourth-order valence-electron chi connectivity index (χ4n) is 3.88. The summed E-state index contributed by atoms with van der Waals surface area (Å²) in [5.74, 6) is -0.205. The smallest absolute Gasteiger partial charge is 0.321 e. The maximum absolute atomic E-state index is 13.0. The second-order valence-electron chi connectivity index (χ2n) is 6.15. The molecule has 4 rings (SSSR count). The van der Waals surface area contributed by atoms with Crippen LogP contribution in [0.1, 0.15) is 16.7 Å². The van der Waals surface area contributed by atoms with Crippen molar-refractivity contribution in [3.63, 3.8) is 0 Å². The Labute approximate surface area is 141 Å². The Kier molecular flexibility index (Phi) is 3.46. The Hall–Kier alpha value is -2.87. The van der Waals surface area contributed by atoms with Gasteiger partial charge in [0.15, 0.2) is 0 Å². The minimum atomic E-state index is -0.788. The minimum absolute atomic E-state index is 0.205. The van der Waals surface area contributed by atoms with Crippen LogP contribution in [0.3, 0.4) is 0 Å². The molecule has 2 nitrogen and oxygen atoms in total. The molecule has 0 saturated heterocycles. The van der Waals surface area contributed by atoms with Gasteiger partial charge in [0.2, 0.25) is 0 Å². The standard InChI is InChI=1S/C22H18O2/c1-24-21(23)22(15-16-9-3-2-4-10-16)19-13-7-5-11-17(19)18-12-6-8-14-20(18)22/h2-14H,15H2,1H3. The number of methoxy groups -OCH3 is 1. The average Bonchev–Trinajstić information content (AvgIpc) is 2.94. The van der Waals surface area contributed by atoms with Crippen LogP contribution in [0.25, 0.3) is 11.1 Å². The van der Waals surface area contributed by atoms with E-state index in [1.807, 2.05) is 42.5 Å². The molecule has 0 heterocycles. The monoisotopic (exact) mass is 314 g/mol. The van der Waals surface area contributed by atoms with Gasteiger partial charge in [-0.25, -0.2) is 0 Å². The van der Waals surface area contributed by atoms with Crippen molar-refractivity contribution in [2.45, 2.75) is 11.8 Å². The molecule has 0 aliphatic heterocycles. The van der Waals surface area contributed by atoms with Gasteiger partial charge in [-0.05, 0) is 34.2 Å². The zero-order valence-electron chi connectivity index (χ0n) is 13.5. The third-order valence-electron chi connectivity index (χ3n) is 4.91. The average molecular weight is 314 g/mol. The van der Waals surface area contributed by atoms with Gasteiger partial charge < -0.3 is 4.74 Å². The van der Waals surface area contributed by atoms with Gasteiger partial charge in [0.1, 0.15) is 5.41 Å². The summed E-state index contributed by atoms with van der Waals surface area (Å²) in [6, 6.07) is 26.4. The summed E-state index contributed by atoms with van der Waals surface area (Å²) in [6.07, 6.45) is 0.592. The topological polar surface area (TPSA) is 26.3 Å². The number of hydrogen-bond acceptors (Lipinski definition) is 2. The first-order valence-electron chi connectivity index (χ1n) is 8.09. The van der Waals surface area contributed by atoms with Gasteiger partial charge in [-0.3, -0.25) is 4.79 Å². The van der Waals surface area contributed by atoms with Crippen molar-refractivity contribution >= 4 is 5.97 Å². The van der Waals surface area contributed by atoms with Crippen LogP contribution in [0.5, 0.6) is 0 Å². The lowest BCUT2D eigenvalue weighted by atomic mass is 9.73. The normalized spacial score (nSPS) is 13.9. The second-order valence-corrected chi connectivity index (χ2v) is 6.15.